The van der Waals surface area contributed by atoms with Crippen LogP contribution in [0.2, 0.25) is 5.02 Å². The van der Waals surface area contributed by atoms with Crippen molar-refractivity contribution in [1.29, 1.82) is 0 Å². The maximum absolute atomic E-state index is 13.2. The van der Waals surface area contributed by atoms with Crippen molar-refractivity contribution in [3.8, 4) is 11.5 Å². The van der Waals surface area contributed by atoms with Gasteiger partial charge in [0.25, 0.3) is 5.91 Å². The smallest absolute Gasteiger partial charge is 0.279 e. The fourth-order valence-electron chi connectivity index (χ4n) is 2.65. The number of benzene rings is 2. The van der Waals surface area contributed by atoms with Crippen LogP contribution in [-0.2, 0) is 11.3 Å². The second-order valence-corrected chi connectivity index (χ2v) is 6.53. The monoisotopic (exact) mass is 381 g/mol. The predicted octanol–water partition coefficient (Wildman–Crippen LogP) is 2.46. The van der Waals surface area contributed by atoms with E-state index in [1.54, 1.807) is 14.2 Å². The molecule has 2 N–H and O–H groups in total. The van der Waals surface area contributed by atoms with Gasteiger partial charge in [0.1, 0.15) is 12.4 Å². The number of halogens is 2. The van der Waals surface area contributed by atoms with E-state index in [4.69, 9.17) is 21.1 Å². The molecule has 26 heavy (non-hydrogen) atoms. The first-order valence-corrected chi connectivity index (χ1v) is 8.49. The van der Waals surface area contributed by atoms with Crippen LogP contribution in [0.3, 0.4) is 0 Å². The number of hydrogen-bond acceptors (Lipinski definition) is 3. The highest BCUT2D eigenvalue weighted by molar-refractivity contribution is 6.31. The van der Waals surface area contributed by atoms with Crippen molar-refractivity contribution < 1.29 is 23.6 Å². The third-order valence-electron chi connectivity index (χ3n) is 4.00. The Labute approximate surface area is 157 Å². The molecule has 0 radical (unpaired) electrons. The van der Waals surface area contributed by atoms with Crippen molar-refractivity contribution in [2.45, 2.75) is 13.5 Å². The first kappa shape index (κ1) is 20.0. The molecule has 140 valence electrons. The number of aryl methyl sites for hydroxylation is 1. The summed E-state index contributed by atoms with van der Waals surface area (Å²) < 4.78 is 23.8. The Morgan fingerprint density at radius 3 is 2.46 bits per heavy atom. The number of amides is 1. The van der Waals surface area contributed by atoms with E-state index in [9.17, 15) is 9.18 Å². The van der Waals surface area contributed by atoms with E-state index in [1.165, 1.54) is 18.2 Å². The number of methoxy groups -OCH3 is 2. The van der Waals surface area contributed by atoms with Gasteiger partial charge in [-0.15, -0.1) is 0 Å². The zero-order valence-electron chi connectivity index (χ0n) is 15.3. The Kier molecular flexibility index (Phi) is 6.83. The summed E-state index contributed by atoms with van der Waals surface area (Å²) in [6.45, 7) is 2.89. The van der Waals surface area contributed by atoms with E-state index < -0.39 is 5.82 Å². The molecule has 2 aromatic carbocycles. The molecule has 0 aliphatic rings. The molecule has 1 unspecified atom stereocenters. The molecule has 0 saturated heterocycles. The Hall–Kier alpha value is -2.31. The SMILES string of the molecule is COc1cc(C)c(C[NH+](C)CC(=O)Nc2ccc(F)c(Cl)c2)cc1OC. The second-order valence-electron chi connectivity index (χ2n) is 6.12. The molecule has 0 heterocycles. The Bertz CT molecular complexity index is 799. The van der Waals surface area contributed by atoms with Crippen LogP contribution in [0.15, 0.2) is 30.3 Å². The van der Waals surface area contributed by atoms with Gasteiger partial charge in [-0.05, 0) is 42.8 Å². The number of rotatable bonds is 7. The molecule has 0 fully saturated rings. The molecule has 0 saturated carbocycles. The zero-order valence-corrected chi connectivity index (χ0v) is 16.0. The summed E-state index contributed by atoms with van der Waals surface area (Å²) in [7, 11) is 5.11. The Balaban J connectivity index is 2.00. The minimum Gasteiger partial charge on any atom is -0.493 e. The van der Waals surface area contributed by atoms with Gasteiger partial charge in [0.15, 0.2) is 18.0 Å². The average molecular weight is 382 g/mol. The fraction of sp³-hybridized carbons (Fsp3) is 0.316. The molecule has 0 aliphatic carbocycles. The lowest BCUT2D eigenvalue weighted by Crippen LogP contribution is -3.08. The summed E-state index contributed by atoms with van der Waals surface area (Å²) in [5, 5.41) is 2.70. The number of quaternary nitrogens is 1. The zero-order chi connectivity index (χ0) is 19.3. The van der Waals surface area contributed by atoms with Crippen LogP contribution in [0.4, 0.5) is 10.1 Å². The molecule has 0 aliphatic heterocycles. The van der Waals surface area contributed by atoms with Gasteiger partial charge in [-0.25, -0.2) is 4.39 Å². The minimum atomic E-state index is -0.517. The maximum Gasteiger partial charge on any atom is 0.279 e. The molecule has 0 bridgehead atoms. The lowest BCUT2D eigenvalue weighted by molar-refractivity contribution is -0.885. The summed E-state index contributed by atoms with van der Waals surface area (Å²) in [4.78, 5) is 13.2. The number of carbonyl (C=O) groups excluding carboxylic acids is 1. The van der Waals surface area contributed by atoms with E-state index in [0.29, 0.717) is 23.7 Å². The van der Waals surface area contributed by atoms with Crippen LogP contribution < -0.4 is 19.7 Å². The number of nitrogens with one attached hydrogen (secondary N) is 2. The topological polar surface area (TPSA) is 52.0 Å². The van der Waals surface area contributed by atoms with Crippen LogP contribution in [0.25, 0.3) is 0 Å². The van der Waals surface area contributed by atoms with E-state index in [2.05, 4.69) is 5.32 Å². The van der Waals surface area contributed by atoms with Crippen LogP contribution in [0, 0.1) is 12.7 Å². The molecule has 7 heteroatoms. The summed E-state index contributed by atoms with van der Waals surface area (Å²) in [5.41, 5.74) is 2.60. The first-order valence-electron chi connectivity index (χ1n) is 8.11. The van der Waals surface area contributed by atoms with E-state index in [-0.39, 0.29) is 17.5 Å². The van der Waals surface area contributed by atoms with Crippen LogP contribution >= 0.6 is 11.6 Å². The van der Waals surface area contributed by atoms with Gasteiger partial charge in [0.2, 0.25) is 0 Å². The molecular weight excluding hydrogens is 359 g/mol. The van der Waals surface area contributed by atoms with Gasteiger partial charge in [-0.2, -0.15) is 0 Å². The quantitative estimate of drug-likeness (QED) is 0.774. The van der Waals surface area contributed by atoms with Crippen LogP contribution in [-0.4, -0.2) is 33.7 Å². The van der Waals surface area contributed by atoms with Crippen molar-refractivity contribution in [3.05, 3.63) is 52.3 Å². The first-order chi connectivity index (χ1) is 12.3. The molecular formula is C19H23ClFN2O3+. The third kappa shape index (κ3) is 5.09. The van der Waals surface area contributed by atoms with Crippen molar-refractivity contribution in [2.24, 2.45) is 0 Å². The fourth-order valence-corrected chi connectivity index (χ4v) is 2.83. The third-order valence-corrected chi connectivity index (χ3v) is 4.29. The van der Waals surface area contributed by atoms with Crippen molar-refractivity contribution in [2.75, 3.05) is 33.1 Å². The highest BCUT2D eigenvalue weighted by atomic mass is 35.5. The predicted molar refractivity (Wildman–Crippen MR) is 99.8 cm³/mol. The van der Waals surface area contributed by atoms with E-state index in [0.717, 1.165) is 16.0 Å². The van der Waals surface area contributed by atoms with Crippen molar-refractivity contribution in [3.63, 3.8) is 0 Å². The second kappa shape index (κ2) is 8.87. The number of anilines is 1. The Morgan fingerprint density at radius 1 is 1.19 bits per heavy atom. The number of hydrogen-bond donors (Lipinski definition) is 2. The van der Waals surface area contributed by atoms with Crippen LogP contribution in [0.5, 0.6) is 11.5 Å². The van der Waals surface area contributed by atoms with Crippen LogP contribution in [0.1, 0.15) is 11.1 Å². The van der Waals surface area contributed by atoms with Gasteiger partial charge < -0.3 is 19.7 Å². The van der Waals surface area contributed by atoms with Gasteiger partial charge in [0.05, 0.1) is 26.3 Å². The molecule has 0 spiro atoms. The summed E-state index contributed by atoms with van der Waals surface area (Å²) in [6.07, 6.45) is 0. The Morgan fingerprint density at radius 2 is 1.85 bits per heavy atom. The number of likely N-dealkylation sites (N-methyl/N-ethyl adjacent to an activating group) is 1. The van der Waals surface area contributed by atoms with Crippen molar-refractivity contribution in [1.82, 2.24) is 0 Å². The highest BCUT2D eigenvalue weighted by Crippen LogP contribution is 2.29. The molecule has 2 rings (SSSR count). The molecule has 2 aromatic rings. The number of ether oxygens (including phenoxy) is 2. The lowest BCUT2D eigenvalue weighted by Gasteiger charge is -2.17. The van der Waals surface area contributed by atoms with E-state index in [1.807, 2.05) is 26.1 Å². The standard InChI is InChI=1S/C19H22ClFN2O3/c1-12-7-17(25-3)18(26-4)8-13(12)10-23(2)11-19(24)22-14-5-6-16(21)15(20)9-14/h5-9H,10-11H2,1-4H3,(H,22,24)/p+1. The number of carbonyl (C=O) groups is 1. The summed E-state index contributed by atoms with van der Waals surface area (Å²) >= 11 is 5.73. The molecule has 0 aromatic heterocycles. The molecule has 5 nitrogen and oxygen atoms in total. The largest absolute Gasteiger partial charge is 0.493 e. The maximum atomic E-state index is 13.2. The molecule has 1 amide bonds. The van der Waals surface area contributed by atoms with Crippen molar-refractivity contribution >= 4 is 23.2 Å². The van der Waals surface area contributed by atoms with Gasteiger partial charge in [0, 0.05) is 11.3 Å². The lowest BCUT2D eigenvalue weighted by atomic mass is 10.1. The van der Waals surface area contributed by atoms with E-state index >= 15 is 0 Å². The van der Waals surface area contributed by atoms with Gasteiger partial charge in [-0.1, -0.05) is 11.6 Å². The summed E-state index contributed by atoms with van der Waals surface area (Å²) in [6, 6.07) is 7.94. The van der Waals surface area contributed by atoms with Gasteiger partial charge >= 0.3 is 0 Å². The summed E-state index contributed by atoms with van der Waals surface area (Å²) in [5.74, 6) is 0.642. The van der Waals surface area contributed by atoms with Gasteiger partial charge in [-0.3, -0.25) is 4.79 Å². The average Bonchev–Trinajstić information content (AvgIpc) is 2.59. The molecule has 1 atom stereocenters. The minimum absolute atomic E-state index is 0.0237. The highest BCUT2D eigenvalue weighted by Gasteiger charge is 2.15. The normalized spacial score (nSPS) is 11.8.